The maximum atomic E-state index is 11.8. The van der Waals surface area contributed by atoms with Crippen LogP contribution in [0.4, 0.5) is 13.2 Å². The van der Waals surface area contributed by atoms with Gasteiger partial charge in [0, 0.05) is 0 Å². The number of methoxy groups -OCH3 is 1. The van der Waals surface area contributed by atoms with Gasteiger partial charge in [-0.3, -0.25) is 4.79 Å². The van der Waals surface area contributed by atoms with Crippen LogP contribution >= 0.6 is 0 Å². The molecule has 0 aromatic heterocycles. The molecule has 1 aromatic carbocycles. The van der Waals surface area contributed by atoms with Crippen molar-refractivity contribution in [1.29, 1.82) is 0 Å². The molecule has 0 atom stereocenters. The van der Waals surface area contributed by atoms with Gasteiger partial charge in [-0.1, -0.05) is 0 Å². The Morgan fingerprint density at radius 2 is 2.00 bits per heavy atom. The predicted octanol–water partition coefficient (Wildman–Crippen LogP) is 2.47. The fourth-order valence-electron chi connectivity index (χ4n) is 1.28. The van der Waals surface area contributed by atoms with Gasteiger partial charge in [0.25, 0.3) is 0 Å². The lowest BCUT2D eigenvalue weighted by Crippen LogP contribution is -2.19. The second-order valence-electron chi connectivity index (χ2n) is 3.54. The number of carbonyl (C=O) groups is 1. The maximum absolute atomic E-state index is 11.8. The van der Waals surface area contributed by atoms with Crippen LogP contribution in [-0.4, -0.2) is 39.4 Å². The highest BCUT2D eigenvalue weighted by Crippen LogP contribution is 2.22. The standard InChI is InChI=1S/C12H13F3O4/c1-17-10-2-3-11(9(6-10)7-16)19-5-4-18-8-12(13,14)15/h2-3,6-7H,4-5,8H2,1H3. The topological polar surface area (TPSA) is 44.8 Å². The van der Waals surface area contributed by atoms with Crippen molar-refractivity contribution in [2.75, 3.05) is 26.9 Å². The van der Waals surface area contributed by atoms with Gasteiger partial charge in [0.05, 0.1) is 19.3 Å². The van der Waals surface area contributed by atoms with E-state index in [0.717, 1.165) is 0 Å². The second-order valence-corrected chi connectivity index (χ2v) is 3.54. The third-order valence-electron chi connectivity index (χ3n) is 2.09. The number of halogens is 3. The van der Waals surface area contributed by atoms with Crippen molar-refractivity contribution in [2.24, 2.45) is 0 Å². The molecule has 0 heterocycles. The first-order valence-electron chi connectivity index (χ1n) is 5.37. The van der Waals surface area contributed by atoms with Crippen LogP contribution in [0.3, 0.4) is 0 Å². The van der Waals surface area contributed by atoms with Crippen LogP contribution in [-0.2, 0) is 4.74 Å². The predicted molar refractivity (Wildman–Crippen MR) is 60.8 cm³/mol. The largest absolute Gasteiger partial charge is 0.497 e. The number of carbonyl (C=O) groups excluding carboxylic acids is 1. The van der Waals surface area contributed by atoms with Gasteiger partial charge in [0.2, 0.25) is 0 Å². The van der Waals surface area contributed by atoms with Gasteiger partial charge >= 0.3 is 6.18 Å². The smallest absolute Gasteiger partial charge is 0.411 e. The van der Waals surface area contributed by atoms with Gasteiger partial charge in [0.1, 0.15) is 24.7 Å². The number of aldehydes is 1. The van der Waals surface area contributed by atoms with Crippen molar-refractivity contribution in [3.63, 3.8) is 0 Å². The highest BCUT2D eigenvalue weighted by Gasteiger charge is 2.27. The molecular formula is C12H13F3O4. The number of rotatable bonds is 7. The van der Waals surface area contributed by atoms with Crippen LogP contribution in [0.1, 0.15) is 10.4 Å². The summed E-state index contributed by atoms with van der Waals surface area (Å²) in [6.45, 7) is -1.62. The van der Waals surface area contributed by atoms with Gasteiger partial charge in [-0.05, 0) is 18.2 Å². The van der Waals surface area contributed by atoms with Crippen molar-refractivity contribution in [3.8, 4) is 11.5 Å². The summed E-state index contributed by atoms with van der Waals surface area (Å²) in [5, 5.41) is 0. The molecule has 0 aliphatic carbocycles. The molecule has 0 aliphatic heterocycles. The maximum Gasteiger partial charge on any atom is 0.411 e. The van der Waals surface area contributed by atoms with E-state index in [0.29, 0.717) is 12.0 Å². The first kappa shape index (κ1) is 15.3. The van der Waals surface area contributed by atoms with E-state index in [1.807, 2.05) is 0 Å². The lowest BCUT2D eigenvalue weighted by molar-refractivity contribution is -0.175. The summed E-state index contributed by atoms with van der Waals surface area (Å²) in [7, 11) is 1.45. The van der Waals surface area contributed by atoms with E-state index in [1.165, 1.54) is 19.2 Å². The average Bonchev–Trinajstić information content (AvgIpc) is 2.37. The van der Waals surface area contributed by atoms with Gasteiger partial charge in [0.15, 0.2) is 6.29 Å². The molecule has 0 spiro atoms. The summed E-state index contributed by atoms with van der Waals surface area (Å²) in [4.78, 5) is 10.8. The summed E-state index contributed by atoms with van der Waals surface area (Å²) < 4.78 is 49.8. The molecule has 0 unspecified atom stereocenters. The summed E-state index contributed by atoms with van der Waals surface area (Å²) in [6.07, 6.45) is -3.78. The van der Waals surface area contributed by atoms with E-state index >= 15 is 0 Å². The minimum Gasteiger partial charge on any atom is -0.497 e. The van der Waals surface area contributed by atoms with E-state index in [2.05, 4.69) is 4.74 Å². The van der Waals surface area contributed by atoms with Crippen LogP contribution in [0.2, 0.25) is 0 Å². The van der Waals surface area contributed by atoms with Gasteiger partial charge in [-0.15, -0.1) is 0 Å². The summed E-state index contributed by atoms with van der Waals surface area (Å²) in [6, 6.07) is 4.56. The number of ether oxygens (including phenoxy) is 3. The molecule has 106 valence electrons. The molecule has 0 saturated carbocycles. The van der Waals surface area contributed by atoms with Crippen LogP contribution in [0.25, 0.3) is 0 Å². The fourth-order valence-corrected chi connectivity index (χ4v) is 1.28. The van der Waals surface area contributed by atoms with Crippen molar-refractivity contribution in [1.82, 2.24) is 0 Å². The third kappa shape index (κ3) is 5.60. The lowest BCUT2D eigenvalue weighted by Gasteiger charge is -2.11. The Balaban J connectivity index is 2.43. The molecule has 1 rings (SSSR count). The number of benzene rings is 1. The highest BCUT2D eigenvalue weighted by atomic mass is 19.4. The Labute approximate surface area is 108 Å². The van der Waals surface area contributed by atoms with Crippen molar-refractivity contribution < 1.29 is 32.2 Å². The molecule has 0 bridgehead atoms. The van der Waals surface area contributed by atoms with Gasteiger partial charge in [-0.2, -0.15) is 13.2 Å². The van der Waals surface area contributed by atoms with Crippen LogP contribution in [0.5, 0.6) is 11.5 Å². The fraction of sp³-hybridized carbons (Fsp3) is 0.417. The molecule has 0 radical (unpaired) electrons. The molecule has 19 heavy (non-hydrogen) atoms. The monoisotopic (exact) mass is 278 g/mol. The summed E-state index contributed by atoms with van der Waals surface area (Å²) in [5.41, 5.74) is 0.259. The molecule has 0 aliphatic rings. The summed E-state index contributed by atoms with van der Waals surface area (Å²) >= 11 is 0. The van der Waals surface area contributed by atoms with E-state index in [1.54, 1.807) is 6.07 Å². The van der Waals surface area contributed by atoms with Gasteiger partial charge in [-0.25, -0.2) is 0 Å². The van der Waals surface area contributed by atoms with Crippen LogP contribution < -0.4 is 9.47 Å². The number of hydrogen-bond donors (Lipinski definition) is 0. The first-order chi connectivity index (χ1) is 8.96. The van der Waals surface area contributed by atoms with E-state index in [9.17, 15) is 18.0 Å². The van der Waals surface area contributed by atoms with Crippen LogP contribution in [0, 0.1) is 0 Å². The van der Waals surface area contributed by atoms with E-state index in [4.69, 9.17) is 9.47 Å². The quantitative estimate of drug-likeness (QED) is 0.567. The van der Waals surface area contributed by atoms with Crippen molar-refractivity contribution >= 4 is 6.29 Å². The minimum absolute atomic E-state index is 0.0801. The summed E-state index contributed by atoms with van der Waals surface area (Å²) in [5.74, 6) is 0.759. The normalized spacial score (nSPS) is 11.2. The molecule has 7 heteroatoms. The molecule has 0 N–H and O–H groups in total. The van der Waals surface area contributed by atoms with E-state index < -0.39 is 12.8 Å². The molecule has 4 nitrogen and oxygen atoms in total. The zero-order chi connectivity index (χ0) is 14.3. The first-order valence-corrected chi connectivity index (χ1v) is 5.37. The molecule has 1 aromatic rings. The average molecular weight is 278 g/mol. The Kier molecular flexibility index (Phi) is 5.62. The minimum atomic E-state index is -4.35. The third-order valence-corrected chi connectivity index (χ3v) is 2.09. The molecular weight excluding hydrogens is 265 g/mol. The van der Waals surface area contributed by atoms with E-state index in [-0.39, 0.29) is 24.5 Å². The Hall–Kier alpha value is -1.76. The SMILES string of the molecule is COc1ccc(OCCOCC(F)(F)F)c(C=O)c1. The second kappa shape index (κ2) is 6.98. The van der Waals surface area contributed by atoms with Gasteiger partial charge < -0.3 is 14.2 Å². The zero-order valence-electron chi connectivity index (χ0n) is 10.2. The van der Waals surface area contributed by atoms with Crippen molar-refractivity contribution in [2.45, 2.75) is 6.18 Å². The zero-order valence-corrected chi connectivity index (χ0v) is 10.2. The number of hydrogen-bond acceptors (Lipinski definition) is 4. The van der Waals surface area contributed by atoms with Crippen LogP contribution in [0.15, 0.2) is 18.2 Å². The Morgan fingerprint density at radius 1 is 1.26 bits per heavy atom. The lowest BCUT2D eigenvalue weighted by atomic mass is 10.2. The Bertz CT molecular complexity index is 418. The molecule has 0 saturated heterocycles. The highest BCUT2D eigenvalue weighted by molar-refractivity contribution is 5.80. The Morgan fingerprint density at radius 3 is 2.58 bits per heavy atom. The molecule has 0 fully saturated rings. The molecule has 0 amide bonds. The number of alkyl halides is 3. The van der Waals surface area contributed by atoms with Crippen molar-refractivity contribution in [3.05, 3.63) is 23.8 Å².